The summed E-state index contributed by atoms with van der Waals surface area (Å²) in [6, 6.07) is -1.08. The van der Waals surface area contributed by atoms with Crippen LogP contribution in [0, 0.1) is 35.5 Å². The molecule has 3 aliphatic heterocycles. The molecule has 1 amide bonds. The van der Waals surface area contributed by atoms with Crippen LogP contribution in [0.25, 0.3) is 0 Å². The van der Waals surface area contributed by atoms with Crippen molar-refractivity contribution in [1.29, 1.82) is 0 Å². The number of cyclic esters (lactones) is 1. The fraction of sp³-hybridized carbons (Fsp3) is 0.745. The van der Waals surface area contributed by atoms with Crippen LogP contribution in [0.5, 0.6) is 0 Å². The lowest BCUT2D eigenvalue weighted by Gasteiger charge is -2.43. The summed E-state index contributed by atoms with van der Waals surface area (Å²) < 4.78 is 29.7. The highest BCUT2D eigenvalue weighted by atomic mass is 16.5. The van der Waals surface area contributed by atoms with Crippen molar-refractivity contribution in [2.45, 2.75) is 180 Å². The van der Waals surface area contributed by atoms with E-state index in [1.54, 1.807) is 41.1 Å². The topological polar surface area (TPSA) is 201 Å². The van der Waals surface area contributed by atoms with Crippen LogP contribution < -0.4 is 5.73 Å². The number of carbonyl (C=O) groups is 5. The van der Waals surface area contributed by atoms with Gasteiger partial charge in [0.25, 0.3) is 11.7 Å². The van der Waals surface area contributed by atoms with Crippen molar-refractivity contribution in [3.63, 3.8) is 0 Å². The molecule has 4 rings (SSSR count). The van der Waals surface area contributed by atoms with Crippen LogP contribution in [-0.2, 0) is 47.7 Å². The maximum atomic E-state index is 14.4. The zero-order valence-corrected chi connectivity index (χ0v) is 40.7. The summed E-state index contributed by atoms with van der Waals surface area (Å²) in [4.78, 5) is 72.1. The fourth-order valence-corrected chi connectivity index (χ4v) is 10.2. The van der Waals surface area contributed by atoms with Gasteiger partial charge in [0, 0.05) is 58.5 Å². The molecule has 3 fully saturated rings. The number of Topliss-reactive ketones (excluding diaryl/α,β-unsaturated/α-hetero) is 3. The molecule has 7 unspecified atom stereocenters. The highest BCUT2D eigenvalue weighted by Gasteiger charge is 2.51. The van der Waals surface area contributed by atoms with E-state index >= 15 is 0 Å². The van der Waals surface area contributed by atoms with Gasteiger partial charge in [-0.15, -0.1) is 0 Å². The van der Waals surface area contributed by atoms with Crippen molar-refractivity contribution in [2.75, 3.05) is 27.9 Å². The zero-order chi connectivity index (χ0) is 48.2. The monoisotopic (exact) mass is 913 g/mol. The number of rotatable bonds is 6. The lowest BCUT2D eigenvalue weighted by Crippen LogP contribution is -2.65. The molecule has 4 N–H and O–H groups in total. The number of amides is 1. The van der Waals surface area contributed by atoms with E-state index < -0.39 is 77.7 Å². The Morgan fingerprint density at radius 2 is 1.58 bits per heavy atom. The second-order valence-corrected chi connectivity index (χ2v) is 19.7. The van der Waals surface area contributed by atoms with Crippen LogP contribution in [0.2, 0.25) is 0 Å². The van der Waals surface area contributed by atoms with Crippen molar-refractivity contribution in [3.05, 3.63) is 47.6 Å². The van der Waals surface area contributed by atoms with E-state index in [1.807, 2.05) is 58.1 Å². The summed E-state index contributed by atoms with van der Waals surface area (Å²) in [7, 11) is 4.57. The summed E-state index contributed by atoms with van der Waals surface area (Å²) >= 11 is 0. The van der Waals surface area contributed by atoms with Crippen molar-refractivity contribution in [2.24, 2.45) is 41.2 Å². The normalized spacial score (nSPS) is 40.4. The fourth-order valence-electron chi connectivity index (χ4n) is 10.2. The number of fused-ring (bicyclic) bond motifs is 3. The second kappa shape index (κ2) is 25.1. The predicted molar refractivity (Wildman–Crippen MR) is 247 cm³/mol. The smallest absolute Gasteiger partial charge is 0.329 e. The van der Waals surface area contributed by atoms with Crippen LogP contribution in [-0.4, -0.2) is 127 Å². The molecular formula is C51H80N2O12. The Bertz CT molecular complexity index is 1760. The van der Waals surface area contributed by atoms with Gasteiger partial charge >= 0.3 is 5.97 Å². The third-order valence-corrected chi connectivity index (χ3v) is 14.6. The van der Waals surface area contributed by atoms with E-state index in [9.17, 15) is 34.2 Å². The predicted octanol–water partition coefficient (Wildman–Crippen LogP) is 6.15. The summed E-state index contributed by atoms with van der Waals surface area (Å²) in [5.41, 5.74) is 6.20. The van der Waals surface area contributed by atoms with Gasteiger partial charge in [-0.05, 0) is 107 Å². The molecule has 65 heavy (non-hydrogen) atoms. The molecule has 14 nitrogen and oxygen atoms in total. The number of methoxy groups -OCH3 is 3. The van der Waals surface area contributed by atoms with Crippen molar-refractivity contribution >= 4 is 29.2 Å². The Labute approximate surface area is 387 Å². The van der Waals surface area contributed by atoms with Gasteiger partial charge in [-0.3, -0.25) is 24.9 Å². The van der Waals surface area contributed by atoms with Crippen molar-refractivity contribution in [1.82, 2.24) is 4.90 Å². The average Bonchev–Trinajstić information content (AvgIpc) is 3.28. The van der Waals surface area contributed by atoms with Gasteiger partial charge in [0.05, 0.1) is 24.4 Å². The van der Waals surface area contributed by atoms with Crippen LogP contribution in [0.15, 0.2) is 47.6 Å². The van der Waals surface area contributed by atoms with Gasteiger partial charge in [-0.25, -0.2) is 4.79 Å². The molecule has 366 valence electrons. The van der Waals surface area contributed by atoms with E-state index in [4.69, 9.17) is 29.4 Å². The standard InChI is InChI=1S/C51H80N2O12/c1-30-16-12-11-13-17-31(2)42(61-8)28-38-21-19-36(7)51(52,65-38)48(58)49(59)53-23-15-14-18-39(53)50(60)64-43(33(4)26-37-20-22-40(54)44(27-37)62-9)29-41(55)32(3)25-35(6)46(57)47(63-10)45(56)34(5)24-30/h11-13,16-17,25,30,32-34,36-40,42-44,46-47,54,57H,14-15,18-24,26-29,52H2,1-10H3/b13-11+,16-12+,31-17+,35-25+/t30-,32-,33-,34-,36-,37+,38+,39+,40?,42?,43?,44?,46?,47?,51?/m1/s1. The van der Waals surface area contributed by atoms with Gasteiger partial charge in [-0.2, -0.15) is 0 Å². The Morgan fingerprint density at radius 1 is 0.862 bits per heavy atom. The van der Waals surface area contributed by atoms with E-state index in [2.05, 4.69) is 0 Å². The van der Waals surface area contributed by atoms with Crippen LogP contribution >= 0.6 is 0 Å². The number of nitrogens with zero attached hydrogens (tertiary/aromatic N) is 1. The van der Waals surface area contributed by atoms with Gasteiger partial charge < -0.3 is 38.8 Å². The number of aliphatic hydroxyl groups excluding tert-OH is 2. The van der Waals surface area contributed by atoms with E-state index in [1.165, 1.54) is 12.0 Å². The Morgan fingerprint density at radius 3 is 2.26 bits per heavy atom. The van der Waals surface area contributed by atoms with E-state index in [0.717, 1.165) is 12.0 Å². The summed E-state index contributed by atoms with van der Waals surface area (Å²) in [6.07, 6.45) is 12.0. The minimum Gasteiger partial charge on any atom is -0.460 e. The molecule has 3 heterocycles. The number of aliphatic hydroxyl groups is 2. The lowest BCUT2D eigenvalue weighted by molar-refractivity contribution is -0.187. The van der Waals surface area contributed by atoms with Gasteiger partial charge in [-0.1, -0.05) is 71.1 Å². The molecule has 1 saturated carbocycles. The first-order chi connectivity index (χ1) is 30.7. The minimum absolute atomic E-state index is 0.0311. The quantitative estimate of drug-likeness (QED) is 0.156. The number of ketones is 3. The molecule has 0 aromatic carbocycles. The van der Waals surface area contributed by atoms with Gasteiger partial charge in [0.15, 0.2) is 11.5 Å². The summed E-state index contributed by atoms with van der Waals surface area (Å²) in [6.45, 7) is 13.0. The SMILES string of the molecule is COC1C[C@@H]2CC[C@@H](C)C(N)(O2)C(=O)C(=O)N2CCCC[C@H]2C(=O)OC([C@H](C)C[C@@H]2CCC(O)C(OC)C2)CC(=O)[C@H](C)/C=C(\C)C(O)C(OC)C(=O)[C@H](C)C[C@H](C)/C=C/C=C/C=C/1C. The van der Waals surface area contributed by atoms with Crippen molar-refractivity contribution < 1.29 is 57.9 Å². The molecule has 0 aromatic rings. The maximum absolute atomic E-state index is 14.4. The number of carbonyl (C=O) groups excluding carboxylic acids is 5. The Kier molecular flexibility index (Phi) is 21.0. The first kappa shape index (κ1) is 54.2. The molecule has 4 aliphatic rings. The number of piperidine rings is 1. The summed E-state index contributed by atoms with van der Waals surface area (Å²) in [5, 5.41) is 21.9. The molecule has 0 aromatic heterocycles. The van der Waals surface area contributed by atoms with Gasteiger partial charge in [0.1, 0.15) is 30.1 Å². The largest absolute Gasteiger partial charge is 0.460 e. The van der Waals surface area contributed by atoms with Gasteiger partial charge in [0.2, 0.25) is 0 Å². The van der Waals surface area contributed by atoms with Crippen LogP contribution in [0.4, 0.5) is 0 Å². The first-order valence-electron chi connectivity index (χ1n) is 24.0. The summed E-state index contributed by atoms with van der Waals surface area (Å²) in [5.74, 6) is -4.83. The van der Waals surface area contributed by atoms with E-state index in [-0.39, 0.29) is 60.9 Å². The first-order valence-corrected chi connectivity index (χ1v) is 24.0. The molecule has 0 radical (unpaired) electrons. The number of esters is 1. The van der Waals surface area contributed by atoms with Crippen LogP contribution in [0.3, 0.4) is 0 Å². The highest BCUT2D eigenvalue weighted by molar-refractivity contribution is 6.39. The third kappa shape index (κ3) is 14.3. The number of hydrogen-bond acceptors (Lipinski definition) is 13. The maximum Gasteiger partial charge on any atom is 0.329 e. The van der Waals surface area contributed by atoms with Crippen molar-refractivity contribution in [3.8, 4) is 0 Å². The zero-order valence-electron chi connectivity index (χ0n) is 40.7. The van der Waals surface area contributed by atoms with Crippen LogP contribution in [0.1, 0.15) is 126 Å². The average molecular weight is 913 g/mol. The molecule has 2 bridgehead atoms. The minimum atomic E-state index is -1.93. The molecule has 1 aliphatic carbocycles. The Hall–Kier alpha value is -3.37. The number of allylic oxidation sites excluding steroid dienone is 6. The highest BCUT2D eigenvalue weighted by Crippen LogP contribution is 2.37. The van der Waals surface area contributed by atoms with E-state index in [0.29, 0.717) is 63.4 Å². The number of nitrogens with two attached hydrogens (primary N) is 1. The molecule has 0 spiro atoms. The molecular weight excluding hydrogens is 833 g/mol. The Balaban J connectivity index is 1.70. The third-order valence-electron chi connectivity index (χ3n) is 14.6. The number of hydrogen-bond donors (Lipinski definition) is 3. The lowest BCUT2D eigenvalue weighted by atomic mass is 9.78. The molecule has 14 heteroatoms. The molecule has 15 atom stereocenters. The number of ether oxygens (including phenoxy) is 5. The molecule has 2 saturated heterocycles. The second-order valence-electron chi connectivity index (χ2n) is 19.7.